The van der Waals surface area contributed by atoms with Gasteiger partial charge in [0.2, 0.25) is 0 Å². The largest absolute Gasteiger partial charge is 0.497 e. The zero-order valence-corrected chi connectivity index (χ0v) is 14.2. The average Bonchev–Trinajstić information content (AvgIpc) is 2.64. The number of carbonyl (C=O) groups excluding carboxylic acids is 2. The molecule has 0 saturated heterocycles. The number of rotatable bonds is 6. The molecule has 0 aliphatic carbocycles. The lowest BCUT2D eigenvalue weighted by molar-refractivity contribution is -0.128. The molecule has 7 heteroatoms. The lowest BCUT2D eigenvalue weighted by atomic mass is 10.2. The van der Waals surface area contributed by atoms with E-state index in [0.717, 1.165) is 5.56 Å². The Labute approximate surface area is 150 Å². The molecule has 25 heavy (non-hydrogen) atoms. The van der Waals surface area contributed by atoms with Crippen LogP contribution in [0.4, 0.5) is 0 Å². The number of carbonyl (C=O) groups is 2. The van der Waals surface area contributed by atoms with Crippen molar-refractivity contribution in [3.05, 3.63) is 65.2 Å². The van der Waals surface area contributed by atoms with Crippen LogP contribution in [0.2, 0.25) is 5.02 Å². The first-order valence-corrected chi connectivity index (χ1v) is 7.74. The number of methoxy groups -OCH3 is 1. The van der Waals surface area contributed by atoms with Gasteiger partial charge in [-0.25, -0.2) is 0 Å². The Morgan fingerprint density at radius 2 is 1.64 bits per heavy atom. The van der Waals surface area contributed by atoms with Gasteiger partial charge in [-0.05, 0) is 48.0 Å². The number of amides is 2. The second kappa shape index (κ2) is 9.34. The van der Waals surface area contributed by atoms with Crippen LogP contribution < -0.4 is 20.3 Å². The highest BCUT2D eigenvalue weighted by Gasteiger charge is 2.04. The van der Waals surface area contributed by atoms with Crippen LogP contribution in [0.5, 0.6) is 11.5 Å². The molecule has 2 aromatic rings. The number of benzene rings is 2. The molecule has 0 spiro atoms. The Morgan fingerprint density at radius 3 is 2.28 bits per heavy atom. The van der Waals surface area contributed by atoms with Gasteiger partial charge in [-0.1, -0.05) is 23.7 Å². The lowest BCUT2D eigenvalue weighted by Crippen LogP contribution is -2.43. The highest BCUT2D eigenvalue weighted by molar-refractivity contribution is 6.30. The Morgan fingerprint density at radius 1 is 1.00 bits per heavy atom. The van der Waals surface area contributed by atoms with Gasteiger partial charge >= 0.3 is 0 Å². The van der Waals surface area contributed by atoms with Crippen molar-refractivity contribution in [1.29, 1.82) is 0 Å². The van der Waals surface area contributed by atoms with Crippen LogP contribution in [0.3, 0.4) is 0 Å². The van der Waals surface area contributed by atoms with Crippen molar-refractivity contribution in [3.63, 3.8) is 0 Å². The number of nitrogens with one attached hydrogen (secondary N) is 2. The summed E-state index contributed by atoms with van der Waals surface area (Å²) in [6, 6.07) is 13.8. The molecule has 0 aliphatic rings. The van der Waals surface area contributed by atoms with Crippen LogP contribution in [0, 0.1) is 0 Å². The fraction of sp³-hybridized carbons (Fsp3) is 0.111. The summed E-state index contributed by atoms with van der Waals surface area (Å²) >= 11 is 5.78. The van der Waals surface area contributed by atoms with Gasteiger partial charge in [0.1, 0.15) is 11.5 Å². The van der Waals surface area contributed by atoms with Crippen LogP contribution in [0.15, 0.2) is 54.6 Å². The summed E-state index contributed by atoms with van der Waals surface area (Å²) in [4.78, 5) is 23.3. The van der Waals surface area contributed by atoms with Gasteiger partial charge in [-0.15, -0.1) is 0 Å². The van der Waals surface area contributed by atoms with Crippen molar-refractivity contribution in [2.45, 2.75) is 0 Å². The third-order valence-electron chi connectivity index (χ3n) is 3.05. The fourth-order valence-electron chi connectivity index (χ4n) is 1.78. The van der Waals surface area contributed by atoms with E-state index in [0.29, 0.717) is 16.5 Å². The maximum absolute atomic E-state index is 11.6. The Hall–Kier alpha value is -2.99. The summed E-state index contributed by atoms with van der Waals surface area (Å²) in [6.07, 6.45) is 2.90. The van der Waals surface area contributed by atoms with Crippen LogP contribution in [0.25, 0.3) is 6.08 Å². The molecule has 0 bridgehead atoms. The molecule has 0 atom stereocenters. The van der Waals surface area contributed by atoms with Crippen molar-refractivity contribution in [2.24, 2.45) is 0 Å². The molecule has 130 valence electrons. The maximum Gasteiger partial charge on any atom is 0.276 e. The van der Waals surface area contributed by atoms with E-state index in [2.05, 4.69) is 10.9 Å². The van der Waals surface area contributed by atoms with Crippen molar-refractivity contribution in [1.82, 2.24) is 10.9 Å². The van der Waals surface area contributed by atoms with Gasteiger partial charge < -0.3 is 9.47 Å². The highest BCUT2D eigenvalue weighted by atomic mass is 35.5. The molecule has 0 aliphatic heterocycles. The van der Waals surface area contributed by atoms with Crippen molar-refractivity contribution >= 4 is 29.5 Å². The average molecular weight is 361 g/mol. The molecule has 0 radical (unpaired) electrons. The summed E-state index contributed by atoms with van der Waals surface area (Å²) in [5.74, 6) is 0.262. The summed E-state index contributed by atoms with van der Waals surface area (Å²) in [5, 5.41) is 0.616. The van der Waals surface area contributed by atoms with Gasteiger partial charge in [0.15, 0.2) is 6.61 Å². The normalized spacial score (nSPS) is 10.3. The van der Waals surface area contributed by atoms with Crippen LogP contribution in [0.1, 0.15) is 5.56 Å². The van der Waals surface area contributed by atoms with Gasteiger partial charge in [-0.2, -0.15) is 0 Å². The molecule has 6 nitrogen and oxygen atoms in total. The molecule has 0 heterocycles. The fourth-order valence-corrected chi connectivity index (χ4v) is 1.90. The number of ether oxygens (including phenoxy) is 2. The number of halogens is 1. The van der Waals surface area contributed by atoms with Gasteiger partial charge in [-0.3, -0.25) is 20.4 Å². The quantitative estimate of drug-likeness (QED) is 0.613. The van der Waals surface area contributed by atoms with Gasteiger partial charge in [0.25, 0.3) is 11.8 Å². The molecule has 2 N–H and O–H groups in total. The predicted molar refractivity (Wildman–Crippen MR) is 95.3 cm³/mol. The van der Waals surface area contributed by atoms with Crippen molar-refractivity contribution in [3.8, 4) is 11.5 Å². The van der Waals surface area contributed by atoms with E-state index in [9.17, 15) is 9.59 Å². The zero-order valence-electron chi connectivity index (χ0n) is 13.5. The monoisotopic (exact) mass is 360 g/mol. The molecule has 2 amide bonds. The van der Waals surface area contributed by atoms with E-state index < -0.39 is 11.8 Å². The Bertz CT molecular complexity index is 743. The highest BCUT2D eigenvalue weighted by Crippen LogP contribution is 2.16. The molecule has 2 rings (SSSR count). The number of hydrogen-bond donors (Lipinski definition) is 2. The third kappa shape index (κ3) is 6.56. The second-order valence-electron chi connectivity index (χ2n) is 4.89. The molecule has 0 fully saturated rings. The second-order valence-corrected chi connectivity index (χ2v) is 5.32. The zero-order chi connectivity index (χ0) is 18.1. The predicted octanol–water partition coefficient (Wildman–Crippen LogP) is 2.59. The van der Waals surface area contributed by atoms with Crippen LogP contribution in [-0.4, -0.2) is 25.5 Å². The van der Waals surface area contributed by atoms with Gasteiger partial charge in [0.05, 0.1) is 7.11 Å². The maximum atomic E-state index is 11.6. The standard InChI is InChI=1S/C18H17ClN2O4/c1-24-15-7-9-16(10-8-15)25-12-18(23)21-20-17(22)11-4-13-2-5-14(19)6-3-13/h2-11H,12H2,1H3,(H,20,22)(H,21,23). The SMILES string of the molecule is COc1ccc(OCC(=O)NNC(=O)C=Cc2ccc(Cl)cc2)cc1. The van der Waals surface area contributed by atoms with E-state index >= 15 is 0 Å². The molecular formula is C18H17ClN2O4. The third-order valence-corrected chi connectivity index (χ3v) is 3.30. The molecule has 2 aromatic carbocycles. The molecule has 0 unspecified atom stereocenters. The number of hydrazine groups is 1. The van der Waals surface area contributed by atoms with Gasteiger partial charge in [0, 0.05) is 11.1 Å². The molecule has 0 saturated carbocycles. The van der Waals surface area contributed by atoms with Crippen LogP contribution in [-0.2, 0) is 9.59 Å². The smallest absolute Gasteiger partial charge is 0.276 e. The summed E-state index contributed by atoms with van der Waals surface area (Å²) in [6.45, 7) is -0.229. The van der Waals surface area contributed by atoms with E-state index in [1.165, 1.54) is 6.08 Å². The lowest BCUT2D eigenvalue weighted by Gasteiger charge is -2.08. The summed E-state index contributed by atoms with van der Waals surface area (Å²) in [5.41, 5.74) is 5.34. The van der Waals surface area contributed by atoms with E-state index in [-0.39, 0.29) is 6.61 Å². The van der Waals surface area contributed by atoms with Crippen molar-refractivity contribution in [2.75, 3.05) is 13.7 Å². The minimum absolute atomic E-state index is 0.229. The van der Waals surface area contributed by atoms with E-state index in [4.69, 9.17) is 21.1 Å². The minimum Gasteiger partial charge on any atom is -0.497 e. The first kappa shape index (κ1) is 18.4. The molecule has 0 aromatic heterocycles. The van der Waals surface area contributed by atoms with E-state index in [1.54, 1.807) is 61.7 Å². The first-order valence-electron chi connectivity index (χ1n) is 7.36. The van der Waals surface area contributed by atoms with Crippen LogP contribution >= 0.6 is 11.6 Å². The first-order chi connectivity index (χ1) is 12.1. The minimum atomic E-state index is -0.482. The molecular weight excluding hydrogens is 344 g/mol. The summed E-state index contributed by atoms with van der Waals surface area (Å²) in [7, 11) is 1.56. The summed E-state index contributed by atoms with van der Waals surface area (Å²) < 4.78 is 10.3. The topological polar surface area (TPSA) is 76.7 Å². The van der Waals surface area contributed by atoms with Crippen molar-refractivity contribution < 1.29 is 19.1 Å². The number of hydrogen-bond acceptors (Lipinski definition) is 4. The Balaban J connectivity index is 1.71. The Kier molecular flexibility index (Phi) is 6.86. The van der Waals surface area contributed by atoms with E-state index in [1.807, 2.05) is 0 Å².